The molecule has 39 heavy (non-hydrogen) atoms. The van der Waals surface area contributed by atoms with Crippen molar-refractivity contribution < 1.29 is 19.7 Å². The molecule has 3 fully saturated rings. The molecular weight excluding hydrogens is 559 g/mol. The normalized spacial score (nSPS) is 32.2. The number of carbonyl (C=O) groups is 1. The summed E-state index contributed by atoms with van der Waals surface area (Å²) >= 11 is 12.3. The molecule has 6 nitrogen and oxygen atoms in total. The summed E-state index contributed by atoms with van der Waals surface area (Å²) in [4.78, 5) is 18.2. The van der Waals surface area contributed by atoms with E-state index in [9.17, 15) is 15.0 Å². The molecule has 5 aliphatic rings. The van der Waals surface area contributed by atoms with Crippen LogP contribution in [0.3, 0.4) is 0 Å². The number of carbonyl (C=O) groups excluding carboxylic acids is 1. The average Bonchev–Trinajstić information content (AvgIpc) is 3.63. The number of ether oxygens (including phenoxy) is 1. The second kappa shape index (κ2) is 9.70. The van der Waals surface area contributed by atoms with Crippen molar-refractivity contribution in [1.82, 2.24) is 9.80 Å². The van der Waals surface area contributed by atoms with E-state index in [-0.39, 0.29) is 42.6 Å². The average molecular weight is 594 g/mol. The highest BCUT2D eigenvalue weighted by atomic mass is 35.5. The van der Waals surface area contributed by atoms with Crippen LogP contribution in [0.2, 0.25) is 10.0 Å². The molecule has 9 heteroatoms. The number of halogens is 3. The van der Waals surface area contributed by atoms with E-state index < -0.39 is 17.1 Å². The lowest BCUT2D eigenvalue weighted by molar-refractivity contribution is -0.201. The van der Waals surface area contributed by atoms with Crippen LogP contribution in [0.4, 0.5) is 0 Å². The van der Waals surface area contributed by atoms with Crippen molar-refractivity contribution in [2.75, 3.05) is 19.6 Å². The van der Waals surface area contributed by atoms with Crippen LogP contribution in [-0.2, 0) is 23.1 Å². The fraction of sp³-hybridized carbons (Fsp3) is 0.567. The zero-order valence-electron chi connectivity index (χ0n) is 22.0. The highest BCUT2D eigenvalue weighted by Gasteiger charge is 2.73. The van der Waals surface area contributed by atoms with Crippen molar-refractivity contribution in [3.8, 4) is 11.5 Å². The molecule has 210 valence electrons. The minimum absolute atomic E-state index is 0. The van der Waals surface area contributed by atoms with Crippen molar-refractivity contribution in [2.45, 2.75) is 81.1 Å². The number of likely N-dealkylation sites (N-methyl/N-ethyl adjacent to an activating group) is 1. The van der Waals surface area contributed by atoms with Crippen molar-refractivity contribution >= 4 is 41.5 Å². The number of benzene rings is 2. The van der Waals surface area contributed by atoms with Gasteiger partial charge in [0.2, 0.25) is 5.91 Å². The fourth-order valence-electron chi connectivity index (χ4n) is 8.30. The maximum atomic E-state index is 13.7. The third-order valence-corrected chi connectivity index (χ3v) is 10.9. The summed E-state index contributed by atoms with van der Waals surface area (Å²) in [5, 5.41) is 24.5. The number of aliphatic hydroxyl groups is 1. The highest BCUT2D eigenvalue weighted by molar-refractivity contribution is 6.42. The van der Waals surface area contributed by atoms with Gasteiger partial charge in [-0.1, -0.05) is 35.3 Å². The molecule has 3 aliphatic carbocycles. The molecule has 1 saturated heterocycles. The molecule has 2 unspecified atom stereocenters. The van der Waals surface area contributed by atoms with Gasteiger partial charge >= 0.3 is 0 Å². The predicted molar refractivity (Wildman–Crippen MR) is 153 cm³/mol. The molecule has 2 N–H and O–H groups in total. The molecule has 7 rings (SSSR count). The quantitative estimate of drug-likeness (QED) is 0.485. The van der Waals surface area contributed by atoms with Gasteiger partial charge in [-0.05, 0) is 87.2 Å². The largest absolute Gasteiger partial charge is 0.504 e. The van der Waals surface area contributed by atoms with E-state index >= 15 is 0 Å². The summed E-state index contributed by atoms with van der Waals surface area (Å²) in [6.07, 6.45) is 5.15. The number of phenols is 1. The first kappa shape index (κ1) is 27.5. The van der Waals surface area contributed by atoms with E-state index in [4.69, 9.17) is 27.9 Å². The van der Waals surface area contributed by atoms with E-state index in [1.165, 1.54) is 18.4 Å². The molecule has 5 atom stereocenters. The summed E-state index contributed by atoms with van der Waals surface area (Å²) < 4.78 is 6.67. The number of aromatic hydroxyl groups is 1. The number of piperidine rings is 1. The first-order valence-corrected chi connectivity index (χ1v) is 14.7. The van der Waals surface area contributed by atoms with Gasteiger partial charge in [-0.25, -0.2) is 0 Å². The molecule has 1 spiro atoms. The fourth-order valence-corrected chi connectivity index (χ4v) is 8.62. The Bertz CT molecular complexity index is 1320. The van der Waals surface area contributed by atoms with Crippen molar-refractivity contribution in [2.24, 2.45) is 5.92 Å². The number of amides is 1. The first-order valence-electron chi connectivity index (χ1n) is 14.0. The lowest BCUT2D eigenvalue weighted by Gasteiger charge is -2.65. The molecule has 2 heterocycles. The van der Waals surface area contributed by atoms with Gasteiger partial charge in [-0.15, -0.1) is 12.4 Å². The Kier molecular flexibility index (Phi) is 6.83. The van der Waals surface area contributed by atoms with E-state index in [1.54, 1.807) is 18.2 Å². The van der Waals surface area contributed by atoms with Crippen molar-refractivity contribution in [3.63, 3.8) is 0 Å². The second-order valence-electron chi connectivity index (χ2n) is 12.0. The molecule has 0 radical (unpaired) electrons. The second-order valence-corrected chi connectivity index (χ2v) is 12.8. The third kappa shape index (κ3) is 3.93. The maximum absolute atomic E-state index is 13.7. The van der Waals surface area contributed by atoms with Gasteiger partial charge in [-0.3, -0.25) is 9.69 Å². The van der Waals surface area contributed by atoms with Crippen LogP contribution in [0.25, 0.3) is 0 Å². The highest BCUT2D eigenvalue weighted by Crippen LogP contribution is 2.66. The van der Waals surface area contributed by atoms with Gasteiger partial charge in [0.15, 0.2) is 11.5 Å². The molecule has 0 aromatic heterocycles. The van der Waals surface area contributed by atoms with Crippen LogP contribution in [0.5, 0.6) is 11.5 Å². The summed E-state index contributed by atoms with van der Waals surface area (Å²) in [6, 6.07) is 8.88. The van der Waals surface area contributed by atoms with Crippen LogP contribution >= 0.6 is 35.6 Å². The van der Waals surface area contributed by atoms with E-state index in [2.05, 4.69) is 4.90 Å². The van der Waals surface area contributed by atoms with Crippen LogP contribution in [0, 0.1) is 5.92 Å². The first-order chi connectivity index (χ1) is 18.3. The monoisotopic (exact) mass is 592 g/mol. The number of nitrogens with zero attached hydrogens (tertiary/aromatic N) is 2. The van der Waals surface area contributed by atoms with Gasteiger partial charge in [0.25, 0.3) is 0 Å². The topological polar surface area (TPSA) is 73.2 Å². The molecule has 2 bridgehead atoms. The Morgan fingerprint density at radius 2 is 1.95 bits per heavy atom. The Morgan fingerprint density at radius 1 is 1.15 bits per heavy atom. The van der Waals surface area contributed by atoms with Gasteiger partial charge in [0, 0.05) is 24.7 Å². The summed E-state index contributed by atoms with van der Waals surface area (Å²) in [7, 11) is 0. The van der Waals surface area contributed by atoms with Gasteiger partial charge < -0.3 is 19.8 Å². The van der Waals surface area contributed by atoms with Gasteiger partial charge in [0.05, 0.1) is 33.5 Å². The Labute approximate surface area is 245 Å². The molecule has 2 saturated carbocycles. The summed E-state index contributed by atoms with van der Waals surface area (Å²) in [6.45, 7) is 4.47. The van der Waals surface area contributed by atoms with Gasteiger partial charge in [-0.2, -0.15) is 0 Å². The Hall–Kier alpha value is -1.70. The third-order valence-electron chi connectivity index (χ3n) is 10.1. The number of phenolic OH excluding ortho intramolecular Hbond substituents is 1. The Balaban J connectivity index is 0.00000277. The van der Waals surface area contributed by atoms with Crippen LogP contribution in [0.1, 0.15) is 55.7 Å². The summed E-state index contributed by atoms with van der Waals surface area (Å²) in [5.74, 6) is 1.38. The molecule has 2 aromatic carbocycles. The number of hydrogen-bond acceptors (Lipinski definition) is 5. The number of hydrogen-bond donors (Lipinski definition) is 2. The zero-order chi connectivity index (χ0) is 26.4. The van der Waals surface area contributed by atoms with Crippen LogP contribution in [0.15, 0.2) is 30.3 Å². The maximum Gasteiger partial charge on any atom is 0.227 e. The standard InChI is InChI=1S/C30H34Cl2N2O4.ClH/c1-2-34(25(36)14-18-5-7-20(31)21(32)13-18)22-9-10-30(37)24-15-19-6-8-23(35)27-26(19)29(30,28(22)38-27)11-12-33(24)16-17-3-4-17;/h5-8,13,17,22,24,28,35,37H,2-4,9-12,14-16H2,1H3;1H/t22?,24-,28?,29+,30-;/m1./s1. The van der Waals surface area contributed by atoms with Gasteiger partial charge in [0.1, 0.15) is 6.10 Å². The Morgan fingerprint density at radius 3 is 2.67 bits per heavy atom. The predicted octanol–water partition coefficient (Wildman–Crippen LogP) is 5.14. The molecular formula is C30H35Cl3N2O4. The zero-order valence-corrected chi connectivity index (χ0v) is 24.4. The number of rotatable bonds is 6. The van der Waals surface area contributed by atoms with E-state index in [1.807, 2.05) is 24.0 Å². The minimum atomic E-state index is -0.959. The van der Waals surface area contributed by atoms with E-state index in [0.29, 0.717) is 35.2 Å². The smallest absolute Gasteiger partial charge is 0.227 e. The van der Waals surface area contributed by atoms with Crippen molar-refractivity contribution in [3.05, 3.63) is 57.1 Å². The van der Waals surface area contributed by atoms with E-state index in [0.717, 1.165) is 43.0 Å². The van der Waals surface area contributed by atoms with Crippen LogP contribution in [-0.4, -0.2) is 69.3 Å². The lowest BCUT2D eigenvalue weighted by atomic mass is 9.48. The van der Waals surface area contributed by atoms with Crippen LogP contribution < -0.4 is 4.74 Å². The molecule has 2 aliphatic heterocycles. The lowest BCUT2D eigenvalue weighted by Crippen LogP contribution is -2.78. The minimum Gasteiger partial charge on any atom is -0.504 e. The number of likely N-dealkylation sites (tertiary alicyclic amines) is 1. The molecule has 2 aromatic rings. The molecule has 1 amide bonds. The summed E-state index contributed by atoms with van der Waals surface area (Å²) in [5.41, 5.74) is 1.38. The van der Waals surface area contributed by atoms with Crippen molar-refractivity contribution in [1.29, 1.82) is 0 Å². The SMILES string of the molecule is CCN(C(=O)Cc1ccc(Cl)c(Cl)c1)C1CC[C@@]2(O)[C@H]3Cc4ccc(O)c5c4[C@@]2(CCN3CC2CC2)C1O5.Cl.